The Hall–Kier alpha value is -2.96. The van der Waals surface area contributed by atoms with Crippen molar-refractivity contribution < 1.29 is 23.9 Å². The Morgan fingerprint density at radius 3 is 2.21 bits per heavy atom. The van der Waals surface area contributed by atoms with E-state index in [-0.39, 0.29) is 35.5 Å². The summed E-state index contributed by atoms with van der Waals surface area (Å²) in [4.78, 5) is 50.7. The third kappa shape index (κ3) is 2.65. The summed E-state index contributed by atoms with van der Waals surface area (Å²) >= 11 is 0. The molecule has 2 bridgehead atoms. The van der Waals surface area contributed by atoms with Crippen LogP contribution < -0.4 is 5.32 Å². The third-order valence-electron chi connectivity index (χ3n) is 6.46. The Morgan fingerprint density at radius 2 is 1.61 bits per heavy atom. The van der Waals surface area contributed by atoms with E-state index in [1.165, 1.54) is 0 Å². The molecular formula is C21H20N2O5. The minimum atomic E-state index is -0.756. The first-order valence-electron chi connectivity index (χ1n) is 9.58. The second-order valence-electron chi connectivity index (χ2n) is 7.99. The Kier molecular flexibility index (Phi) is 3.86. The molecule has 144 valence electrons. The molecule has 28 heavy (non-hydrogen) atoms. The highest BCUT2D eigenvalue weighted by Crippen LogP contribution is 2.65. The van der Waals surface area contributed by atoms with Gasteiger partial charge in [-0.1, -0.05) is 30.4 Å². The van der Waals surface area contributed by atoms with Crippen molar-refractivity contribution in [3.8, 4) is 0 Å². The monoisotopic (exact) mass is 380 g/mol. The number of benzene rings is 1. The van der Waals surface area contributed by atoms with Gasteiger partial charge >= 0.3 is 5.97 Å². The van der Waals surface area contributed by atoms with Crippen LogP contribution in [0.5, 0.6) is 0 Å². The topological polar surface area (TPSA) is 92.8 Å². The SMILES string of the molecule is O=C(COC(=O)CN1C(=O)[C@@H]2[C@@H]3C=C[C@H]([C@@H]4C[C@H]34)[C@H]2C1=O)Nc1ccccc1. The molecule has 4 aliphatic carbocycles. The normalized spacial score (nSPS) is 34.1. The first kappa shape index (κ1) is 17.2. The van der Waals surface area contributed by atoms with E-state index in [1.807, 2.05) is 6.07 Å². The fourth-order valence-corrected chi connectivity index (χ4v) is 5.21. The predicted molar refractivity (Wildman–Crippen MR) is 97.4 cm³/mol. The maximum Gasteiger partial charge on any atom is 0.326 e. The van der Waals surface area contributed by atoms with Gasteiger partial charge in [0.15, 0.2) is 6.61 Å². The summed E-state index contributed by atoms with van der Waals surface area (Å²) < 4.78 is 4.97. The highest BCUT2D eigenvalue weighted by atomic mass is 16.5. The number of hydrogen-bond donors (Lipinski definition) is 1. The molecule has 7 heteroatoms. The van der Waals surface area contributed by atoms with Crippen molar-refractivity contribution in [3.63, 3.8) is 0 Å². The van der Waals surface area contributed by atoms with Crippen molar-refractivity contribution in [2.24, 2.45) is 35.5 Å². The van der Waals surface area contributed by atoms with Gasteiger partial charge in [0.2, 0.25) is 11.8 Å². The zero-order valence-electron chi connectivity index (χ0n) is 15.1. The lowest BCUT2D eigenvalue weighted by molar-refractivity contribution is -0.154. The summed E-state index contributed by atoms with van der Waals surface area (Å²) in [5.41, 5.74) is 0.596. The number of rotatable bonds is 5. The molecule has 2 saturated carbocycles. The van der Waals surface area contributed by atoms with Crippen LogP contribution in [0.3, 0.4) is 0 Å². The Morgan fingerprint density at radius 1 is 1.00 bits per heavy atom. The fraction of sp³-hybridized carbons (Fsp3) is 0.429. The van der Waals surface area contributed by atoms with Crippen molar-refractivity contribution in [2.75, 3.05) is 18.5 Å². The number of amides is 3. The van der Waals surface area contributed by atoms with E-state index in [2.05, 4.69) is 17.5 Å². The highest BCUT2D eigenvalue weighted by Gasteiger charge is 2.67. The molecule has 7 nitrogen and oxygen atoms in total. The van der Waals surface area contributed by atoms with Gasteiger partial charge in [0, 0.05) is 5.69 Å². The second-order valence-corrected chi connectivity index (χ2v) is 7.99. The molecule has 0 radical (unpaired) electrons. The molecular weight excluding hydrogens is 360 g/mol. The van der Waals surface area contributed by atoms with Crippen molar-refractivity contribution in [3.05, 3.63) is 42.5 Å². The summed E-state index contributed by atoms with van der Waals surface area (Å²) in [6.07, 6.45) is 5.26. The highest BCUT2D eigenvalue weighted by molar-refractivity contribution is 6.08. The van der Waals surface area contributed by atoms with Gasteiger partial charge < -0.3 is 10.1 Å². The van der Waals surface area contributed by atoms with Crippen LogP contribution in [0.2, 0.25) is 0 Å². The van der Waals surface area contributed by atoms with Gasteiger partial charge in [0.1, 0.15) is 6.54 Å². The van der Waals surface area contributed by atoms with Crippen molar-refractivity contribution in [1.82, 2.24) is 4.90 Å². The second kappa shape index (κ2) is 6.29. The Balaban J connectivity index is 1.18. The Bertz CT molecular complexity index is 859. The molecule has 0 spiro atoms. The summed E-state index contributed by atoms with van der Waals surface area (Å²) in [7, 11) is 0. The number of anilines is 1. The molecule has 1 saturated heterocycles. The van der Waals surface area contributed by atoms with Gasteiger partial charge in [-0.15, -0.1) is 0 Å². The van der Waals surface area contributed by atoms with Gasteiger partial charge in [-0.25, -0.2) is 0 Å². The van der Waals surface area contributed by atoms with Crippen molar-refractivity contribution in [1.29, 1.82) is 0 Å². The number of hydrogen-bond acceptors (Lipinski definition) is 5. The van der Waals surface area contributed by atoms with Crippen LogP contribution in [0.1, 0.15) is 6.42 Å². The minimum absolute atomic E-state index is 0.120. The van der Waals surface area contributed by atoms with Gasteiger partial charge in [-0.05, 0) is 42.2 Å². The van der Waals surface area contributed by atoms with E-state index < -0.39 is 25.0 Å². The number of esters is 1. The van der Waals surface area contributed by atoms with Crippen LogP contribution in [0, 0.1) is 35.5 Å². The summed E-state index contributed by atoms with van der Waals surface area (Å²) in [5, 5.41) is 2.61. The lowest BCUT2D eigenvalue weighted by atomic mass is 9.63. The van der Waals surface area contributed by atoms with Crippen LogP contribution >= 0.6 is 0 Å². The number of nitrogens with one attached hydrogen (secondary N) is 1. The quantitative estimate of drug-likeness (QED) is 0.471. The lowest BCUT2D eigenvalue weighted by Crippen LogP contribution is -2.40. The van der Waals surface area contributed by atoms with E-state index in [1.54, 1.807) is 24.3 Å². The lowest BCUT2D eigenvalue weighted by Gasteiger charge is -2.37. The number of imide groups is 1. The molecule has 1 heterocycles. The van der Waals surface area contributed by atoms with Gasteiger partial charge in [-0.2, -0.15) is 0 Å². The molecule has 3 fully saturated rings. The molecule has 1 aromatic carbocycles. The van der Waals surface area contributed by atoms with E-state index in [0.29, 0.717) is 17.5 Å². The molecule has 0 aromatic heterocycles. The third-order valence-corrected chi connectivity index (χ3v) is 6.46. The Labute approximate surface area is 161 Å². The summed E-state index contributed by atoms with van der Waals surface area (Å²) in [6.45, 7) is -0.897. The number of ether oxygens (including phenoxy) is 1. The standard InChI is InChI=1S/C21H20N2O5/c24-16(22-11-4-2-1-3-5-11)10-28-17(25)9-23-20(26)18-12-6-7-13(15-8-14(12)15)19(18)21(23)27/h1-7,12-15,18-19H,8-10H2,(H,22,24)/t12-,13-,14-,15+,18-,19-/m1/s1. The minimum Gasteiger partial charge on any atom is -0.454 e. The molecule has 3 amide bonds. The maximum atomic E-state index is 12.8. The predicted octanol–water partition coefficient (Wildman–Crippen LogP) is 1.22. The number of carbonyl (C=O) groups is 4. The van der Waals surface area contributed by atoms with E-state index in [9.17, 15) is 19.2 Å². The number of likely N-dealkylation sites (tertiary alicyclic amines) is 1. The van der Waals surface area contributed by atoms with Crippen LogP contribution in [0.25, 0.3) is 0 Å². The summed E-state index contributed by atoms with van der Waals surface area (Å²) in [6, 6.07) is 8.81. The average molecular weight is 380 g/mol. The molecule has 0 unspecified atom stereocenters. The first-order chi connectivity index (χ1) is 13.5. The number of carbonyl (C=O) groups excluding carboxylic acids is 4. The first-order valence-corrected chi connectivity index (χ1v) is 9.58. The molecule has 6 atom stereocenters. The average Bonchev–Trinajstić information content (AvgIpc) is 3.48. The fourth-order valence-electron chi connectivity index (χ4n) is 5.21. The van der Waals surface area contributed by atoms with Crippen molar-refractivity contribution >= 4 is 29.4 Å². The molecule has 1 N–H and O–H groups in total. The smallest absolute Gasteiger partial charge is 0.326 e. The molecule has 1 aliphatic heterocycles. The molecule has 1 aromatic rings. The zero-order valence-corrected chi connectivity index (χ0v) is 15.1. The van der Waals surface area contributed by atoms with Crippen LogP contribution in [-0.2, 0) is 23.9 Å². The molecule has 6 rings (SSSR count). The van der Waals surface area contributed by atoms with Gasteiger partial charge in [-0.3, -0.25) is 24.1 Å². The largest absolute Gasteiger partial charge is 0.454 e. The maximum absolute atomic E-state index is 12.8. The number of para-hydroxylation sites is 1. The van der Waals surface area contributed by atoms with Crippen LogP contribution in [-0.4, -0.2) is 41.7 Å². The zero-order chi connectivity index (χ0) is 19.4. The van der Waals surface area contributed by atoms with Crippen LogP contribution in [0.15, 0.2) is 42.5 Å². The van der Waals surface area contributed by atoms with Crippen LogP contribution in [0.4, 0.5) is 5.69 Å². The summed E-state index contributed by atoms with van der Waals surface area (Å²) in [5.74, 6) is -1.17. The van der Waals surface area contributed by atoms with Gasteiger partial charge in [0.25, 0.3) is 5.91 Å². The van der Waals surface area contributed by atoms with E-state index >= 15 is 0 Å². The van der Waals surface area contributed by atoms with E-state index in [0.717, 1.165) is 11.3 Å². The van der Waals surface area contributed by atoms with Gasteiger partial charge in [0.05, 0.1) is 11.8 Å². The number of allylic oxidation sites excluding steroid dienone is 2. The number of nitrogens with zero attached hydrogens (tertiary/aromatic N) is 1. The molecule has 5 aliphatic rings. The van der Waals surface area contributed by atoms with E-state index in [4.69, 9.17) is 4.74 Å². The van der Waals surface area contributed by atoms with Crippen molar-refractivity contribution in [2.45, 2.75) is 6.42 Å².